The fourth-order valence-corrected chi connectivity index (χ4v) is 0.657. The van der Waals surface area contributed by atoms with E-state index in [0.29, 0.717) is 12.4 Å². The van der Waals surface area contributed by atoms with Gasteiger partial charge in [0.2, 0.25) is 0 Å². The van der Waals surface area contributed by atoms with Crippen molar-refractivity contribution in [2.24, 2.45) is 0 Å². The normalized spacial score (nSPS) is 8.42. The van der Waals surface area contributed by atoms with Crippen molar-refractivity contribution >= 4 is 13.6 Å². The molecule has 1 aromatic rings. The first-order valence-corrected chi connectivity index (χ1v) is 10.3. The molecule has 0 aliphatic carbocycles. The summed E-state index contributed by atoms with van der Waals surface area (Å²) < 4.78 is 17.4. The van der Waals surface area contributed by atoms with E-state index in [1.807, 2.05) is 6.92 Å². The number of rotatable bonds is 2. The van der Waals surface area contributed by atoms with Crippen molar-refractivity contribution in [3.63, 3.8) is 0 Å². The van der Waals surface area contributed by atoms with E-state index in [2.05, 4.69) is 19.7 Å². The Bertz CT molecular complexity index is 220. The molecule has 0 saturated carbocycles. The molecule has 0 aliphatic rings. The average molecular weight is 284 g/mol. The summed E-state index contributed by atoms with van der Waals surface area (Å²) in [4.78, 5) is 0. The Labute approximate surface area is 88.3 Å². The monoisotopic (exact) mass is 282 g/mol. The first kappa shape index (κ1) is 12.1. The van der Waals surface area contributed by atoms with Gasteiger partial charge in [-0.05, 0) is 6.92 Å². The summed E-state index contributed by atoms with van der Waals surface area (Å²) in [7, 11) is 0. The second kappa shape index (κ2) is 7.69. The van der Waals surface area contributed by atoms with Crippen LogP contribution in [0.4, 0.5) is 4.39 Å². The van der Waals surface area contributed by atoms with E-state index in [1.54, 1.807) is 0 Å². The molecule has 0 radical (unpaired) electrons. The van der Waals surface area contributed by atoms with E-state index in [0.717, 1.165) is 0 Å². The molecule has 4 heteroatoms. The first-order valence-electron chi connectivity index (χ1n) is 3.39. The van der Waals surface area contributed by atoms with Gasteiger partial charge < -0.3 is 4.74 Å². The second-order valence-electron chi connectivity index (χ2n) is 1.80. The third-order valence-electron chi connectivity index (χ3n) is 1.04. The van der Waals surface area contributed by atoms with E-state index in [1.165, 1.54) is 34.5 Å². The summed E-state index contributed by atoms with van der Waals surface area (Å²) in [6.45, 7) is 2.39. The number of benzene rings is 1. The van der Waals surface area contributed by atoms with Gasteiger partial charge in [0, 0.05) is 11.6 Å². The van der Waals surface area contributed by atoms with Crippen LogP contribution in [0, 0.1) is 11.9 Å². The summed E-state index contributed by atoms with van der Waals surface area (Å²) >= 11 is 4.25. The first-order chi connectivity index (χ1) is 5.83. The molecule has 0 unspecified atom stereocenters. The van der Waals surface area contributed by atoms with Gasteiger partial charge in [0.25, 0.3) is 0 Å². The predicted molar refractivity (Wildman–Crippen MR) is 45.3 cm³/mol. The van der Waals surface area contributed by atoms with Crippen LogP contribution in [0.3, 0.4) is 0 Å². The quantitative estimate of drug-likeness (QED) is 0.599. The zero-order chi connectivity index (χ0) is 9.40. The van der Waals surface area contributed by atoms with E-state index in [4.69, 9.17) is 4.74 Å². The van der Waals surface area contributed by atoms with Crippen LogP contribution in [-0.2, 0) is 16.3 Å². The number of ether oxygens (including phenoxy) is 1. The van der Waals surface area contributed by atoms with E-state index in [9.17, 15) is 4.39 Å². The molecule has 0 spiro atoms. The van der Waals surface area contributed by atoms with Crippen molar-refractivity contribution in [1.29, 1.82) is 0 Å². The van der Waals surface area contributed by atoms with Gasteiger partial charge in [-0.1, -0.05) is 6.07 Å². The molecular formula is C8H8BrFOZn. The van der Waals surface area contributed by atoms with Crippen LogP contribution in [0.5, 0.6) is 5.75 Å². The van der Waals surface area contributed by atoms with Gasteiger partial charge in [-0.2, -0.15) is 6.07 Å². The average Bonchev–Trinajstić information content (AvgIpc) is 2.09. The Morgan fingerprint density at radius 1 is 1.67 bits per heavy atom. The van der Waals surface area contributed by atoms with Gasteiger partial charge >= 0.3 is 30.0 Å². The van der Waals surface area contributed by atoms with Gasteiger partial charge in [0.05, 0.1) is 6.61 Å². The number of halogens is 2. The van der Waals surface area contributed by atoms with Crippen LogP contribution >= 0.6 is 13.6 Å². The van der Waals surface area contributed by atoms with Gasteiger partial charge in [-0.25, -0.2) is 4.39 Å². The number of hydrogen-bond donors (Lipinski definition) is 0. The Morgan fingerprint density at radius 3 is 2.83 bits per heavy atom. The van der Waals surface area contributed by atoms with Gasteiger partial charge in [0.1, 0.15) is 0 Å². The fraction of sp³-hybridized carbons (Fsp3) is 0.250. The van der Waals surface area contributed by atoms with Crippen LogP contribution in [-0.4, -0.2) is 6.61 Å². The minimum atomic E-state index is -0.290. The Kier molecular flexibility index (Phi) is 7.72. The van der Waals surface area contributed by atoms with Crippen LogP contribution < -0.4 is 4.74 Å². The molecule has 0 fully saturated rings. The van der Waals surface area contributed by atoms with Gasteiger partial charge in [0.15, 0.2) is 0 Å². The van der Waals surface area contributed by atoms with Crippen molar-refractivity contribution < 1.29 is 25.5 Å². The standard InChI is InChI=1S/C8H8FO.BrH.Zn/c1-2-10-8-5-3-4-7(9)6-8;;/h3-4,6H,2H2,1H3;1H;/q-1;;+2/p-1. The molecule has 0 aromatic heterocycles. The summed E-state index contributed by atoms with van der Waals surface area (Å²) in [6, 6.07) is 6.89. The van der Waals surface area contributed by atoms with Crippen molar-refractivity contribution in [3.05, 3.63) is 30.1 Å². The molecule has 0 saturated heterocycles. The Hall–Kier alpha value is 0.0534. The summed E-state index contributed by atoms with van der Waals surface area (Å²) in [5.74, 6) is 0.171. The summed E-state index contributed by atoms with van der Waals surface area (Å²) in [6.07, 6.45) is 0. The SMILES string of the molecule is CCOc1[c-]ccc(F)c1.[Zn+][Br]. The second-order valence-corrected chi connectivity index (χ2v) is 1.80. The molecule has 0 N–H and O–H groups in total. The van der Waals surface area contributed by atoms with Crippen molar-refractivity contribution in [2.75, 3.05) is 6.61 Å². The Balaban J connectivity index is 0.000000561. The van der Waals surface area contributed by atoms with Crippen LogP contribution in [0.25, 0.3) is 0 Å². The zero-order valence-corrected chi connectivity index (χ0v) is 11.4. The maximum atomic E-state index is 12.4. The molecule has 0 aliphatic heterocycles. The molecule has 1 rings (SSSR count). The van der Waals surface area contributed by atoms with E-state index < -0.39 is 0 Å². The van der Waals surface area contributed by atoms with Crippen LogP contribution in [0.15, 0.2) is 18.2 Å². The van der Waals surface area contributed by atoms with Gasteiger partial charge in [-0.3, -0.25) is 0 Å². The van der Waals surface area contributed by atoms with Crippen LogP contribution in [0.1, 0.15) is 6.92 Å². The van der Waals surface area contributed by atoms with Crippen molar-refractivity contribution in [2.45, 2.75) is 6.92 Å². The van der Waals surface area contributed by atoms with Crippen molar-refractivity contribution in [1.82, 2.24) is 0 Å². The van der Waals surface area contributed by atoms with E-state index >= 15 is 0 Å². The van der Waals surface area contributed by atoms with Gasteiger partial charge in [-0.15, -0.1) is 12.1 Å². The summed E-state index contributed by atoms with van der Waals surface area (Å²) in [5.41, 5.74) is 0. The number of hydrogen-bond acceptors (Lipinski definition) is 1. The maximum absolute atomic E-state index is 12.4. The molecular weight excluding hydrogens is 276 g/mol. The molecule has 1 aromatic carbocycles. The molecule has 62 valence electrons. The predicted octanol–water partition coefficient (Wildman–Crippen LogP) is 2.87. The minimum absolute atomic E-state index is 0.290. The van der Waals surface area contributed by atoms with Crippen molar-refractivity contribution in [3.8, 4) is 5.75 Å². The Morgan fingerprint density at radius 2 is 2.33 bits per heavy atom. The van der Waals surface area contributed by atoms with Crippen LogP contribution in [0.2, 0.25) is 0 Å². The fourth-order valence-electron chi connectivity index (χ4n) is 0.657. The van der Waals surface area contributed by atoms with E-state index in [-0.39, 0.29) is 5.82 Å². The zero-order valence-electron chi connectivity index (χ0n) is 6.81. The molecule has 0 amide bonds. The summed E-state index contributed by atoms with van der Waals surface area (Å²) in [5, 5.41) is 0. The third kappa shape index (κ3) is 4.84. The molecule has 1 nitrogen and oxygen atoms in total. The topological polar surface area (TPSA) is 9.23 Å². The molecule has 0 atom stereocenters. The molecule has 0 heterocycles. The molecule has 0 bridgehead atoms. The molecule has 12 heavy (non-hydrogen) atoms. The third-order valence-corrected chi connectivity index (χ3v) is 1.04.